The number of nitrogens with zero attached hydrogens (tertiary/aromatic N) is 2. The molecular formula is C20H18N2O3. The lowest BCUT2D eigenvalue weighted by molar-refractivity contribution is 0.0660. The van der Waals surface area contributed by atoms with Crippen LogP contribution in [0.2, 0.25) is 0 Å². The highest BCUT2D eigenvalue weighted by Gasteiger charge is 2.27. The minimum absolute atomic E-state index is 0.0707. The highest BCUT2D eigenvalue weighted by Crippen LogP contribution is 2.38. The molecule has 2 unspecified atom stereocenters. The molecule has 0 spiro atoms. The second-order valence-corrected chi connectivity index (χ2v) is 6.04. The first-order valence-corrected chi connectivity index (χ1v) is 8.23. The standard InChI is InChI=1S/C20H18N2O3/c23-19-12-17(10-14-2-1-7-22-13-14)25-20-4-3-16(11-18(19)20)24-15-5-8-21-9-6-15/h1-9,11,13,17,19,23H,10,12H2. The third-order valence-corrected chi connectivity index (χ3v) is 4.19. The van der Waals surface area contributed by atoms with Crippen LogP contribution in [0.25, 0.3) is 0 Å². The van der Waals surface area contributed by atoms with E-state index in [0.717, 1.165) is 17.5 Å². The van der Waals surface area contributed by atoms with Crippen LogP contribution in [0.3, 0.4) is 0 Å². The number of aliphatic hydroxyl groups excluding tert-OH is 1. The Morgan fingerprint density at radius 3 is 2.72 bits per heavy atom. The summed E-state index contributed by atoms with van der Waals surface area (Å²) in [5.74, 6) is 2.07. The molecule has 0 bridgehead atoms. The van der Waals surface area contributed by atoms with Crippen LogP contribution in [0, 0.1) is 0 Å². The number of pyridine rings is 2. The normalized spacial score (nSPS) is 18.9. The number of benzene rings is 1. The van der Waals surface area contributed by atoms with E-state index in [1.54, 1.807) is 30.7 Å². The highest BCUT2D eigenvalue weighted by atomic mass is 16.5. The number of fused-ring (bicyclic) bond motifs is 1. The molecule has 0 aliphatic carbocycles. The monoisotopic (exact) mass is 334 g/mol. The third-order valence-electron chi connectivity index (χ3n) is 4.19. The van der Waals surface area contributed by atoms with Crippen LogP contribution in [0.15, 0.2) is 67.3 Å². The van der Waals surface area contributed by atoms with Crippen molar-refractivity contribution in [3.63, 3.8) is 0 Å². The first-order chi connectivity index (χ1) is 12.3. The number of aromatic nitrogens is 2. The Morgan fingerprint density at radius 2 is 1.92 bits per heavy atom. The van der Waals surface area contributed by atoms with Crippen molar-refractivity contribution in [2.24, 2.45) is 0 Å². The number of hydrogen-bond donors (Lipinski definition) is 1. The fraction of sp³-hybridized carbons (Fsp3) is 0.200. The lowest BCUT2D eigenvalue weighted by Gasteiger charge is -2.30. The maximum absolute atomic E-state index is 10.5. The van der Waals surface area contributed by atoms with E-state index in [0.29, 0.717) is 23.7 Å². The van der Waals surface area contributed by atoms with E-state index in [4.69, 9.17) is 9.47 Å². The van der Waals surface area contributed by atoms with Crippen LogP contribution in [0.4, 0.5) is 0 Å². The molecule has 0 radical (unpaired) electrons. The van der Waals surface area contributed by atoms with Gasteiger partial charge in [0.05, 0.1) is 6.10 Å². The van der Waals surface area contributed by atoms with E-state index in [2.05, 4.69) is 9.97 Å². The Morgan fingerprint density at radius 1 is 1.04 bits per heavy atom. The van der Waals surface area contributed by atoms with Gasteiger partial charge in [0.15, 0.2) is 0 Å². The van der Waals surface area contributed by atoms with Gasteiger partial charge in [-0.15, -0.1) is 0 Å². The molecule has 5 heteroatoms. The van der Waals surface area contributed by atoms with Crippen LogP contribution >= 0.6 is 0 Å². The van der Waals surface area contributed by atoms with Crippen molar-refractivity contribution < 1.29 is 14.6 Å². The zero-order valence-electron chi connectivity index (χ0n) is 13.6. The summed E-state index contributed by atoms with van der Waals surface area (Å²) in [6.45, 7) is 0. The second-order valence-electron chi connectivity index (χ2n) is 6.04. The van der Waals surface area contributed by atoms with Gasteiger partial charge in [0.1, 0.15) is 23.4 Å². The van der Waals surface area contributed by atoms with Gasteiger partial charge in [-0.2, -0.15) is 0 Å². The zero-order chi connectivity index (χ0) is 17.1. The van der Waals surface area contributed by atoms with Crippen molar-refractivity contribution in [3.05, 3.63) is 78.4 Å². The highest BCUT2D eigenvalue weighted by molar-refractivity contribution is 5.44. The largest absolute Gasteiger partial charge is 0.490 e. The summed E-state index contributed by atoms with van der Waals surface area (Å²) in [5, 5.41) is 10.5. The molecule has 5 nitrogen and oxygen atoms in total. The van der Waals surface area contributed by atoms with Crippen LogP contribution in [-0.2, 0) is 6.42 Å². The molecule has 1 aliphatic rings. The van der Waals surface area contributed by atoms with Gasteiger partial charge < -0.3 is 14.6 Å². The van der Waals surface area contributed by atoms with Crippen LogP contribution < -0.4 is 9.47 Å². The predicted octanol–water partition coefficient (Wildman–Crippen LogP) is 3.70. The van der Waals surface area contributed by atoms with E-state index < -0.39 is 6.10 Å². The molecule has 0 amide bonds. The lowest BCUT2D eigenvalue weighted by Crippen LogP contribution is -2.27. The van der Waals surface area contributed by atoms with Crippen molar-refractivity contribution in [1.29, 1.82) is 0 Å². The fourth-order valence-electron chi connectivity index (χ4n) is 3.01. The molecule has 0 fully saturated rings. The van der Waals surface area contributed by atoms with Crippen LogP contribution in [-0.4, -0.2) is 21.2 Å². The molecule has 2 atom stereocenters. The van der Waals surface area contributed by atoms with E-state index >= 15 is 0 Å². The van der Waals surface area contributed by atoms with Gasteiger partial charge in [-0.25, -0.2) is 0 Å². The van der Waals surface area contributed by atoms with Crippen molar-refractivity contribution in [3.8, 4) is 17.2 Å². The molecular weight excluding hydrogens is 316 g/mol. The van der Waals surface area contributed by atoms with Crippen LogP contribution in [0.5, 0.6) is 17.2 Å². The predicted molar refractivity (Wildman–Crippen MR) is 92.7 cm³/mol. The van der Waals surface area contributed by atoms with Crippen molar-refractivity contribution >= 4 is 0 Å². The molecule has 0 saturated heterocycles. The number of ether oxygens (including phenoxy) is 2. The fourth-order valence-corrected chi connectivity index (χ4v) is 3.01. The molecule has 3 heterocycles. The quantitative estimate of drug-likeness (QED) is 0.788. The molecule has 25 heavy (non-hydrogen) atoms. The van der Waals surface area contributed by atoms with Gasteiger partial charge in [-0.3, -0.25) is 9.97 Å². The maximum atomic E-state index is 10.5. The first-order valence-electron chi connectivity index (χ1n) is 8.23. The van der Waals surface area contributed by atoms with E-state index in [1.165, 1.54) is 0 Å². The molecule has 1 aromatic carbocycles. The Kier molecular flexibility index (Phi) is 4.31. The van der Waals surface area contributed by atoms with E-state index in [1.807, 2.05) is 36.5 Å². The summed E-state index contributed by atoms with van der Waals surface area (Å²) in [6, 6.07) is 13.0. The second kappa shape index (κ2) is 6.91. The average Bonchev–Trinajstić information content (AvgIpc) is 2.64. The smallest absolute Gasteiger partial charge is 0.130 e. The van der Waals surface area contributed by atoms with Gasteiger partial charge >= 0.3 is 0 Å². The Hall–Kier alpha value is -2.92. The molecule has 4 rings (SSSR count). The van der Waals surface area contributed by atoms with Crippen molar-refractivity contribution in [2.45, 2.75) is 25.0 Å². The molecule has 3 aromatic rings. The van der Waals surface area contributed by atoms with Gasteiger partial charge in [-0.1, -0.05) is 6.07 Å². The summed E-state index contributed by atoms with van der Waals surface area (Å²) in [4.78, 5) is 8.09. The summed E-state index contributed by atoms with van der Waals surface area (Å²) >= 11 is 0. The van der Waals surface area contributed by atoms with Gasteiger partial charge in [0.2, 0.25) is 0 Å². The third kappa shape index (κ3) is 3.61. The van der Waals surface area contributed by atoms with Crippen LogP contribution in [0.1, 0.15) is 23.7 Å². The molecule has 126 valence electrons. The summed E-state index contributed by atoms with van der Waals surface area (Å²) in [5.41, 5.74) is 1.86. The van der Waals surface area contributed by atoms with Crippen molar-refractivity contribution in [2.75, 3.05) is 0 Å². The van der Waals surface area contributed by atoms with Gasteiger partial charge in [0.25, 0.3) is 0 Å². The minimum atomic E-state index is -0.577. The van der Waals surface area contributed by atoms with E-state index in [9.17, 15) is 5.11 Å². The minimum Gasteiger partial charge on any atom is -0.490 e. The first kappa shape index (κ1) is 15.6. The SMILES string of the molecule is OC1CC(Cc2cccnc2)Oc2ccc(Oc3ccncc3)cc21. The molecule has 0 saturated carbocycles. The zero-order valence-corrected chi connectivity index (χ0v) is 13.6. The summed E-state index contributed by atoms with van der Waals surface area (Å²) in [6.07, 6.45) is 7.55. The molecule has 1 aliphatic heterocycles. The number of hydrogen-bond acceptors (Lipinski definition) is 5. The Bertz CT molecular complexity index is 840. The Labute approximate surface area is 145 Å². The van der Waals surface area contributed by atoms with Gasteiger partial charge in [0, 0.05) is 43.2 Å². The molecule has 2 aromatic heterocycles. The maximum Gasteiger partial charge on any atom is 0.130 e. The topological polar surface area (TPSA) is 64.5 Å². The number of rotatable bonds is 4. The number of aliphatic hydroxyl groups is 1. The van der Waals surface area contributed by atoms with Gasteiger partial charge in [-0.05, 0) is 42.0 Å². The average molecular weight is 334 g/mol. The lowest BCUT2D eigenvalue weighted by atomic mass is 9.95. The van der Waals surface area contributed by atoms with Crippen molar-refractivity contribution in [1.82, 2.24) is 9.97 Å². The Balaban J connectivity index is 1.51. The van der Waals surface area contributed by atoms with E-state index in [-0.39, 0.29) is 6.10 Å². The summed E-state index contributed by atoms with van der Waals surface area (Å²) < 4.78 is 11.9. The molecule has 1 N–H and O–H groups in total. The summed E-state index contributed by atoms with van der Waals surface area (Å²) in [7, 11) is 0.